The molecule has 0 unspecified atom stereocenters. The van der Waals surface area contributed by atoms with E-state index >= 15 is 0 Å². The summed E-state index contributed by atoms with van der Waals surface area (Å²) in [5, 5.41) is 11.9. The van der Waals surface area contributed by atoms with Gasteiger partial charge < -0.3 is 10.1 Å². The molecule has 1 saturated carbocycles. The number of carbonyl (C=O) groups is 1. The van der Waals surface area contributed by atoms with E-state index in [0.717, 1.165) is 32.5 Å². The highest BCUT2D eigenvalue weighted by atomic mass is 16.5. The molecule has 4 heteroatoms. The molecule has 1 aromatic carbocycles. The minimum Gasteiger partial charge on any atom is -0.381 e. The summed E-state index contributed by atoms with van der Waals surface area (Å²) in [6.07, 6.45) is 4.34. The van der Waals surface area contributed by atoms with Crippen molar-refractivity contribution in [3.8, 4) is 6.07 Å². The minimum atomic E-state index is -0.0370. The van der Waals surface area contributed by atoms with Gasteiger partial charge in [0.05, 0.1) is 11.6 Å². The Kier molecular flexibility index (Phi) is 3.45. The van der Waals surface area contributed by atoms with Gasteiger partial charge >= 0.3 is 0 Å². The van der Waals surface area contributed by atoms with Crippen LogP contribution in [0.15, 0.2) is 24.3 Å². The summed E-state index contributed by atoms with van der Waals surface area (Å²) in [5.41, 5.74) is 1.46. The number of nitrogens with zero attached hydrogens (tertiary/aromatic N) is 1. The molecule has 1 aromatic rings. The number of ether oxygens (including phenoxy) is 1. The van der Waals surface area contributed by atoms with Gasteiger partial charge in [-0.3, -0.25) is 4.79 Å². The molecule has 2 aliphatic rings. The fourth-order valence-corrected chi connectivity index (χ4v) is 3.24. The number of nitrogens with one attached hydrogen (secondary N) is 1. The molecule has 0 aromatic heterocycles. The van der Waals surface area contributed by atoms with Crippen LogP contribution in [0.2, 0.25) is 0 Å². The molecule has 0 bridgehead atoms. The number of hydrogen-bond donors (Lipinski definition) is 1. The van der Waals surface area contributed by atoms with E-state index in [1.54, 1.807) is 24.3 Å². The molecular formula is C16H18N2O2. The van der Waals surface area contributed by atoms with Crippen molar-refractivity contribution in [3.05, 3.63) is 35.4 Å². The van der Waals surface area contributed by atoms with Gasteiger partial charge in [0.2, 0.25) is 0 Å². The van der Waals surface area contributed by atoms with E-state index in [-0.39, 0.29) is 17.4 Å². The second-order valence-corrected chi connectivity index (χ2v) is 5.73. The Labute approximate surface area is 118 Å². The first-order chi connectivity index (χ1) is 9.73. The monoisotopic (exact) mass is 270 g/mol. The summed E-state index contributed by atoms with van der Waals surface area (Å²) in [6.45, 7) is 1.62. The maximum Gasteiger partial charge on any atom is 0.251 e. The number of nitriles is 1. The molecule has 4 nitrogen and oxygen atoms in total. The molecule has 1 amide bonds. The molecular weight excluding hydrogens is 252 g/mol. The first-order valence-corrected chi connectivity index (χ1v) is 7.12. The summed E-state index contributed by atoms with van der Waals surface area (Å²) in [7, 11) is 0. The summed E-state index contributed by atoms with van der Waals surface area (Å²) >= 11 is 0. The number of rotatable bonds is 2. The van der Waals surface area contributed by atoms with Gasteiger partial charge in [0.15, 0.2) is 0 Å². The molecule has 0 radical (unpaired) electrons. The first-order valence-electron chi connectivity index (χ1n) is 7.12. The smallest absolute Gasteiger partial charge is 0.251 e. The SMILES string of the molecule is N#Cc1ccc(C(=O)N[C@H]2CCC23CCOCC3)cc1. The Hall–Kier alpha value is -1.86. The average molecular weight is 270 g/mol. The summed E-state index contributed by atoms with van der Waals surface area (Å²) in [5.74, 6) is -0.0370. The first kappa shape index (κ1) is 13.1. The zero-order valence-corrected chi connectivity index (χ0v) is 11.4. The highest BCUT2D eigenvalue weighted by Crippen LogP contribution is 2.48. The van der Waals surface area contributed by atoms with E-state index in [1.165, 1.54) is 6.42 Å². The van der Waals surface area contributed by atoms with Gasteiger partial charge in [0.25, 0.3) is 5.91 Å². The second-order valence-electron chi connectivity index (χ2n) is 5.73. The lowest BCUT2D eigenvalue weighted by molar-refractivity contribution is -0.0523. The molecule has 1 spiro atoms. The fraction of sp³-hybridized carbons (Fsp3) is 0.500. The fourth-order valence-electron chi connectivity index (χ4n) is 3.24. The molecule has 20 heavy (non-hydrogen) atoms. The van der Waals surface area contributed by atoms with Crippen LogP contribution >= 0.6 is 0 Å². The third kappa shape index (κ3) is 2.30. The Morgan fingerprint density at radius 2 is 1.95 bits per heavy atom. The van der Waals surface area contributed by atoms with Gasteiger partial charge in [-0.15, -0.1) is 0 Å². The summed E-state index contributed by atoms with van der Waals surface area (Å²) in [6, 6.07) is 9.11. The number of benzene rings is 1. The topological polar surface area (TPSA) is 62.1 Å². The van der Waals surface area contributed by atoms with Crippen molar-refractivity contribution in [1.29, 1.82) is 5.26 Å². The van der Waals surface area contributed by atoms with Crippen LogP contribution in [-0.2, 0) is 4.74 Å². The number of amides is 1. The normalized spacial score (nSPS) is 23.6. The van der Waals surface area contributed by atoms with Crippen LogP contribution in [0.25, 0.3) is 0 Å². The van der Waals surface area contributed by atoms with Crippen molar-refractivity contribution in [3.63, 3.8) is 0 Å². The standard InChI is InChI=1S/C16H18N2O2/c17-11-12-1-3-13(4-2-12)15(19)18-14-5-6-16(14)7-9-20-10-8-16/h1-4,14H,5-10H2,(H,18,19)/t14-/m0/s1. The maximum absolute atomic E-state index is 12.2. The highest BCUT2D eigenvalue weighted by Gasteiger charge is 2.47. The average Bonchev–Trinajstić information content (AvgIpc) is 2.52. The van der Waals surface area contributed by atoms with E-state index in [4.69, 9.17) is 10.00 Å². The lowest BCUT2D eigenvalue weighted by Gasteiger charge is -2.52. The van der Waals surface area contributed by atoms with Crippen LogP contribution in [-0.4, -0.2) is 25.2 Å². The molecule has 104 valence electrons. The van der Waals surface area contributed by atoms with E-state index in [1.807, 2.05) is 0 Å². The van der Waals surface area contributed by atoms with Crippen molar-refractivity contribution in [2.24, 2.45) is 5.41 Å². The van der Waals surface area contributed by atoms with E-state index < -0.39 is 0 Å². The Morgan fingerprint density at radius 1 is 1.25 bits per heavy atom. The maximum atomic E-state index is 12.2. The second kappa shape index (κ2) is 5.26. The highest BCUT2D eigenvalue weighted by molar-refractivity contribution is 5.94. The summed E-state index contributed by atoms with van der Waals surface area (Å²) in [4.78, 5) is 12.2. The lowest BCUT2D eigenvalue weighted by atomic mass is 9.60. The molecule has 1 N–H and O–H groups in total. The predicted octanol–water partition coefficient (Wildman–Crippen LogP) is 2.25. The largest absolute Gasteiger partial charge is 0.381 e. The van der Waals surface area contributed by atoms with E-state index in [9.17, 15) is 4.79 Å². The third-order valence-corrected chi connectivity index (χ3v) is 4.74. The van der Waals surface area contributed by atoms with Gasteiger partial charge in [0.1, 0.15) is 0 Å². The van der Waals surface area contributed by atoms with Gasteiger partial charge in [0, 0.05) is 24.8 Å². The Balaban J connectivity index is 1.65. The van der Waals surface area contributed by atoms with Crippen molar-refractivity contribution >= 4 is 5.91 Å². The lowest BCUT2D eigenvalue weighted by Crippen LogP contribution is -2.57. The molecule has 1 heterocycles. The Morgan fingerprint density at radius 3 is 2.50 bits per heavy atom. The summed E-state index contributed by atoms with van der Waals surface area (Å²) < 4.78 is 5.42. The number of hydrogen-bond acceptors (Lipinski definition) is 3. The van der Waals surface area contributed by atoms with Crippen LogP contribution < -0.4 is 5.32 Å². The molecule has 1 saturated heterocycles. The number of carbonyl (C=O) groups excluding carboxylic acids is 1. The Bertz CT molecular complexity index is 539. The third-order valence-electron chi connectivity index (χ3n) is 4.74. The van der Waals surface area contributed by atoms with Crippen molar-refractivity contribution in [2.75, 3.05) is 13.2 Å². The van der Waals surface area contributed by atoms with Gasteiger partial charge in [-0.2, -0.15) is 5.26 Å². The molecule has 2 fully saturated rings. The zero-order valence-electron chi connectivity index (χ0n) is 11.4. The van der Waals surface area contributed by atoms with Crippen molar-refractivity contribution in [2.45, 2.75) is 31.7 Å². The van der Waals surface area contributed by atoms with E-state index in [2.05, 4.69) is 11.4 Å². The van der Waals surface area contributed by atoms with Crippen LogP contribution in [0.4, 0.5) is 0 Å². The van der Waals surface area contributed by atoms with E-state index in [0.29, 0.717) is 11.1 Å². The van der Waals surface area contributed by atoms with Crippen LogP contribution in [0.1, 0.15) is 41.6 Å². The van der Waals surface area contributed by atoms with Crippen LogP contribution in [0.3, 0.4) is 0 Å². The quantitative estimate of drug-likeness (QED) is 0.896. The van der Waals surface area contributed by atoms with Gasteiger partial charge in [-0.1, -0.05) is 0 Å². The molecule has 1 atom stereocenters. The van der Waals surface area contributed by atoms with Crippen LogP contribution in [0, 0.1) is 16.7 Å². The van der Waals surface area contributed by atoms with Gasteiger partial charge in [-0.05, 0) is 55.4 Å². The molecule has 3 rings (SSSR count). The van der Waals surface area contributed by atoms with Gasteiger partial charge in [-0.25, -0.2) is 0 Å². The molecule has 1 aliphatic heterocycles. The predicted molar refractivity (Wildman–Crippen MR) is 74.1 cm³/mol. The minimum absolute atomic E-state index is 0.0370. The zero-order chi connectivity index (χ0) is 14.0. The van der Waals surface area contributed by atoms with Crippen molar-refractivity contribution in [1.82, 2.24) is 5.32 Å². The van der Waals surface area contributed by atoms with Crippen molar-refractivity contribution < 1.29 is 9.53 Å². The molecule has 1 aliphatic carbocycles. The van der Waals surface area contributed by atoms with Crippen LogP contribution in [0.5, 0.6) is 0 Å².